The molecule has 1 nitrogen and oxygen atoms in total. The second-order valence-corrected chi connectivity index (χ2v) is 2.31. The molecular weight excluding hydrogens is 193 g/mol. The SMILES string of the molecule is FC(F)(F)C(F)(F)c1ccncc1. The van der Waals surface area contributed by atoms with Crippen LogP contribution in [0.25, 0.3) is 0 Å². The molecule has 0 spiro atoms. The molecule has 0 fully saturated rings. The molecular formula is C7H4F5N. The summed E-state index contributed by atoms with van der Waals surface area (Å²) in [6.45, 7) is 0. The van der Waals surface area contributed by atoms with Crippen LogP contribution >= 0.6 is 0 Å². The molecule has 0 bridgehead atoms. The molecule has 6 heteroatoms. The van der Waals surface area contributed by atoms with E-state index in [2.05, 4.69) is 4.98 Å². The number of hydrogen-bond acceptors (Lipinski definition) is 1. The van der Waals surface area contributed by atoms with Gasteiger partial charge in [0.25, 0.3) is 0 Å². The van der Waals surface area contributed by atoms with Crippen LogP contribution in [-0.4, -0.2) is 11.2 Å². The number of rotatable bonds is 1. The van der Waals surface area contributed by atoms with Crippen LogP contribution in [0.4, 0.5) is 22.0 Å². The first-order chi connectivity index (χ1) is 5.86. The van der Waals surface area contributed by atoms with Crippen LogP contribution < -0.4 is 0 Å². The van der Waals surface area contributed by atoms with Crippen molar-refractivity contribution in [3.63, 3.8) is 0 Å². The number of pyridine rings is 1. The third-order valence-corrected chi connectivity index (χ3v) is 1.40. The topological polar surface area (TPSA) is 12.9 Å². The number of halogens is 5. The van der Waals surface area contributed by atoms with Gasteiger partial charge in [0.05, 0.1) is 0 Å². The van der Waals surface area contributed by atoms with Crippen molar-refractivity contribution in [2.75, 3.05) is 0 Å². The molecule has 0 aliphatic rings. The van der Waals surface area contributed by atoms with Gasteiger partial charge in [0, 0.05) is 18.0 Å². The van der Waals surface area contributed by atoms with E-state index >= 15 is 0 Å². The number of nitrogens with zero attached hydrogens (tertiary/aromatic N) is 1. The predicted molar refractivity (Wildman–Crippen MR) is 34.2 cm³/mol. The third-order valence-electron chi connectivity index (χ3n) is 1.40. The maximum absolute atomic E-state index is 12.5. The molecule has 0 aliphatic heterocycles. The van der Waals surface area contributed by atoms with E-state index in [9.17, 15) is 22.0 Å². The Morgan fingerprint density at radius 1 is 0.923 bits per heavy atom. The van der Waals surface area contributed by atoms with Crippen LogP contribution in [0.5, 0.6) is 0 Å². The second kappa shape index (κ2) is 2.93. The fourth-order valence-electron chi connectivity index (χ4n) is 0.725. The van der Waals surface area contributed by atoms with Crippen molar-refractivity contribution in [1.29, 1.82) is 0 Å². The van der Waals surface area contributed by atoms with Gasteiger partial charge in [-0.1, -0.05) is 0 Å². The van der Waals surface area contributed by atoms with E-state index in [-0.39, 0.29) is 0 Å². The average molecular weight is 197 g/mol. The van der Waals surface area contributed by atoms with Gasteiger partial charge in [-0.3, -0.25) is 4.98 Å². The Morgan fingerprint density at radius 2 is 1.38 bits per heavy atom. The van der Waals surface area contributed by atoms with Gasteiger partial charge in [-0.2, -0.15) is 22.0 Å². The second-order valence-electron chi connectivity index (χ2n) is 2.31. The maximum Gasteiger partial charge on any atom is 0.458 e. The summed E-state index contributed by atoms with van der Waals surface area (Å²) in [4.78, 5) is 3.34. The van der Waals surface area contributed by atoms with E-state index in [0.717, 1.165) is 12.4 Å². The van der Waals surface area contributed by atoms with Gasteiger partial charge in [-0.05, 0) is 12.1 Å². The van der Waals surface area contributed by atoms with Crippen LogP contribution in [-0.2, 0) is 5.92 Å². The van der Waals surface area contributed by atoms with Crippen LogP contribution in [0.2, 0.25) is 0 Å². The van der Waals surface area contributed by atoms with Crippen molar-refractivity contribution in [2.24, 2.45) is 0 Å². The van der Waals surface area contributed by atoms with Gasteiger partial charge in [0.2, 0.25) is 0 Å². The molecule has 0 aromatic carbocycles. The Kier molecular flexibility index (Phi) is 2.23. The minimum Gasteiger partial charge on any atom is -0.265 e. The van der Waals surface area contributed by atoms with E-state index in [1.807, 2.05) is 0 Å². The lowest BCUT2D eigenvalue weighted by Crippen LogP contribution is -2.33. The highest BCUT2D eigenvalue weighted by molar-refractivity contribution is 5.18. The van der Waals surface area contributed by atoms with E-state index in [0.29, 0.717) is 12.1 Å². The molecule has 0 amide bonds. The van der Waals surface area contributed by atoms with Gasteiger partial charge >= 0.3 is 12.1 Å². The molecule has 1 heterocycles. The molecule has 0 radical (unpaired) electrons. The lowest BCUT2D eigenvalue weighted by atomic mass is 10.1. The maximum atomic E-state index is 12.5. The van der Waals surface area contributed by atoms with Gasteiger partial charge in [-0.25, -0.2) is 0 Å². The van der Waals surface area contributed by atoms with Gasteiger partial charge in [0.15, 0.2) is 0 Å². The molecule has 0 aliphatic carbocycles. The molecule has 0 saturated heterocycles. The first-order valence-electron chi connectivity index (χ1n) is 3.21. The van der Waals surface area contributed by atoms with Crippen molar-refractivity contribution in [3.05, 3.63) is 30.1 Å². The van der Waals surface area contributed by atoms with Gasteiger partial charge in [0.1, 0.15) is 0 Å². The standard InChI is InChI=1S/C7H4F5N/c8-6(9,7(10,11)12)5-1-3-13-4-2-5/h1-4H. The number of hydrogen-bond donors (Lipinski definition) is 0. The Balaban J connectivity index is 3.08. The minimum absolute atomic E-state index is 0.632. The van der Waals surface area contributed by atoms with E-state index in [1.165, 1.54) is 0 Å². The highest BCUT2D eigenvalue weighted by Gasteiger charge is 2.58. The quantitative estimate of drug-likeness (QED) is 0.630. The molecule has 0 unspecified atom stereocenters. The molecule has 72 valence electrons. The van der Waals surface area contributed by atoms with Crippen molar-refractivity contribution >= 4 is 0 Å². The smallest absolute Gasteiger partial charge is 0.265 e. The highest BCUT2D eigenvalue weighted by Crippen LogP contribution is 2.43. The Labute approximate surface area is 70.2 Å². The molecule has 0 saturated carbocycles. The number of alkyl halides is 5. The molecule has 0 atom stereocenters. The van der Waals surface area contributed by atoms with E-state index in [4.69, 9.17) is 0 Å². The van der Waals surface area contributed by atoms with E-state index < -0.39 is 17.7 Å². The van der Waals surface area contributed by atoms with Crippen molar-refractivity contribution < 1.29 is 22.0 Å². The molecule has 0 N–H and O–H groups in total. The monoisotopic (exact) mass is 197 g/mol. The summed E-state index contributed by atoms with van der Waals surface area (Å²) in [5, 5.41) is 0. The fourth-order valence-corrected chi connectivity index (χ4v) is 0.725. The Morgan fingerprint density at radius 3 is 1.77 bits per heavy atom. The highest BCUT2D eigenvalue weighted by atomic mass is 19.4. The first-order valence-corrected chi connectivity index (χ1v) is 3.21. The van der Waals surface area contributed by atoms with Gasteiger partial charge in [-0.15, -0.1) is 0 Å². The Hall–Kier alpha value is -1.20. The molecule has 13 heavy (non-hydrogen) atoms. The zero-order chi connectivity index (χ0) is 10.1. The van der Waals surface area contributed by atoms with Gasteiger partial charge < -0.3 is 0 Å². The van der Waals surface area contributed by atoms with Crippen LogP contribution in [0, 0.1) is 0 Å². The lowest BCUT2D eigenvalue weighted by Gasteiger charge is -2.19. The van der Waals surface area contributed by atoms with Crippen LogP contribution in [0.3, 0.4) is 0 Å². The summed E-state index contributed by atoms with van der Waals surface area (Å²) in [7, 11) is 0. The fraction of sp³-hybridized carbons (Fsp3) is 0.286. The minimum atomic E-state index is -5.56. The summed E-state index contributed by atoms with van der Waals surface area (Å²) < 4.78 is 60.3. The largest absolute Gasteiger partial charge is 0.458 e. The van der Waals surface area contributed by atoms with Crippen molar-refractivity contribution in [3.8, 4) is 0 Å². The van der Waals surface area contributed by atoms with Crippen molar-refractivity contribution in [2.45, 2.75) is 12.1 Å². The van der Waals surface area contributed by atoms with Crippen molar-refractivity contribution in [1.82, 2.24) is 4.98 Å². The van der Waals surface area contributed by atoms with E-state index in [1.54, 1.807) is 0 Å². The number of aromatic nitrogens is 1. The van der Waals surface area contributed by atoms with Crippen LogP contribution in [0.1, 0.15) is 5.56 Å². The van der Waals surface area contributed by atoms with Crippen LogP contribution in [0.15, 0.2) is 24.5 Å². The average Bonchev–Trinajstić information content (AvgIpc) is 2.04. The summed E-state index contributed by atoms with van der Waals surface area (Å²) in [6.07, 6.45) is -3.79. The first kappa shape index (κ1) is 9.88. The molecule has 1 aromatic heterocycles. The summed E-state index contributed by atoms with van der Waals surface area (Å²) in [5.41, 5.74) is -1.10. The summed E-state index contributed by atoms with van der Waals surface area (Å²) >= 11 is 0. The zero-order valence-electron chi connectivity index (χ0n) is 6.15. The Bertz CT molecular complexity index is 279. The predicted octanol–water partition coefficient (Wildman–Crippen LogP) is 2.74. The third kappa shape index (κ3) is 1.76. The lowest BCUT2D eigenvalue weighted by molar-refractivity contribution is -0.289. The summed E-state index contributed by atoms with van der Waals surface area (Å²) in [5.74, 6) is -4.81. The molecule has 1 aromatic rings. The normalized spacial score (nSPS) is 13.0. The summed E-state index contributed by atoms with van der Waals surface area (Å²) in [6, 6.07) is 1.26. The zero-order valence-corrected chi connectivity index (χ0v) is 6.15. The molecule has 1 rings (SSSR count).